The third kappa shape index (κ3) is 5.72. The molecule has 0 bridgehead atoms. The first-order valence-electron chi connectivity index (χ1n) is 5.84. The van der Waals surface area contributed by atoms with Gasteiger partial charge in [-0.2, -0.15) is 5.26 Å². The lowest BCUT2D eigenvalue weighted by molar-refractivity contribution is -0.124. The SMILES string of the molecule is CC(C)C[C@@](C)(NCCCCC#N)C(N)=O. The van der Waals surface area contributed by atoms with Crippen LogP contribution in [0.2, 0.25) is 0 Å². The Balaban J connectivity index is 4.04. The van der Waals surface area contributed by atoms with Crippen LogP contribution in [-0.4, -0.2) is 18.0 Å². The van der Waals surface area contributed by atoms with E-state index < -0.39 is 5.54 Å². The first-order valence-corrected chi connectivity index (χ1v) is 5.84. The molecule has 92 valence electrons. The van der Waals surface area contributed by atoms with Gasteiger partial charge in [-0.15, -0.1) is 0 Å². The molecule has 1 amide bonds. The molecule has 0 aliphatic rings. The van der Waals surface area contributed by atoms with E-state index in [0.29, 0.717) is 12.3 Å². The van der Waals surface area contributed by atoms with Crippen LogP contribution in [0.15, 0.2) is 0 Å². The molecule has 0 unspecified atom stereocenters. The van der Waals surface area contributed by atoms with Gasteiger partial charge in [0.05, 0.1) is 11.6 Å². The fraction of sp³-hybridized carbons (Fsp3) is 0.833. The second-order valence-electron chi connectivity index (χ2n) is 4.84. The molecule has 3 N–H and O–H groups in total. The van der Waals surface area contributed by atoms with Crippen molar-refractivity contribution in [1.82, 2.24) is 5.32 Å². The minimum Gasteiger partial charge on any atom is -0.368 e. The van der Waals surface area contributed by atoms with Gasteiger partial charge in [0.25, 0.3) is 0 Å². The lowest BCUT2D eigenvalue weighted by atomic mass is 9.90. The summed E-state index contributed by atoms with van der Waals surface area (Å²) in [4.78, 5) is 11.4. The average molecular weight is 225 g/mol. The molecular formula is C12H23N3O. The predicted molar refractivity (Wildman–Crippen MR) is 64.5 cm³/mol. The fourth-order valence-electron chi connectivity index (χ4n) is 1.77. The van der Waals surface area contributed by atoms with Crippen molar-refractivity contribution >= 4 is 5.91 Å². The van der Waals surface area contributed by atoms with Gasteiger partial charge in [0.1, 0.15) is 0 Å². The molecular weight excluding hydrogens is 202 g/mol. The highest BCUT2D eigenvalue weighted by Crippen LogP contribution is 2.16. The molecule has 0 aromatic heterocycles. The largest absolute Gasteiger partial charge is 0.368 e. The third-order valence-corrected chi connectivity index (χ3v) is 2.59. The van der Waals surface area contributed by atoms with Crippen molar-refractivity contribution in [2.24, 2.45) is 11.7 Å². The van der Waals surface area contributed by atoms with Crippen molar-refractivity contribution in [1.29, 1.82) is 5.26 Å². The van der Waals surface area contributed by atoms with Crippen LogP contribution >= 0.6 is 0 Å². The number of rotatable bonds is 8. The molecule has 0 fully saturated rings. The molecule has 4 heteroatoms. The lowest BCUT2D eigenvalue weighted by Gasteiger charge is -2.29. The van der Waals surface area contributed by atoms with E-state index in [9.17, 15) is 4.79 Å². The summed E-state index contributed by atoms with van der Waals surface area (Å²) in [5.41, 5.74) is 4.78. The number of nitrogens with one attached hydrogen (secondary N) is 1. The minimum atomic E-state index is -0.624. The molecule has 0 rings (SSSR count). The second-order valence-corrected chi connectivity index (χ2v) is 4.84. The summed E-state index contributed by atoms with van der Waals surface area (Å²) >= 11 is 0. The molecule has 0 aliphatic heterocycles. The number of carbonyl (C=O) groups is 1. The number of unbranched alkanes of at least 4 members (excludes halogenated alkanes) is 2. The highest BCUT2D eigenvalue weighted by molar-refractivity contribution is 5.84. The Bertz CT molecular complexity index is 257. The van der Waals surface area contributed by atoms with Crippen LogP contribution in [-0.2, 0) is 4.79 Å². The van der Waals surface area contributed by atoms with E-state index in [1.165, 1.54) is 0 Å². The van der Waals surface area contributed by atoms with Crippen molar-refractivity contribution < 1.29 is 4.79 Å². The van der Waals surface area contributed by atoms with E-state index in [1.54, 1.807) is 0 Å². The van der Waals surface area contributed by atoms with E-state index >= 15 is 0 Å². The van der Waals surface area contributed by atoms with Crippen molar-refractivity contribution in [2.45, 2.75) is 52.0 Å². The number of hydrogen-bond donors (Lipinski definition) is 2. The van der Waals surface area contributed by atoms with Gasteiger partial charge in [-0.25, -0.2) is 0 Å². The second kappa shape index (κ2) is 7.24. The number of primary amides is 1. The summed E-state index contributed by atoms with van der Waals surface area (Å²) < 4.78 is 0. The molecule has 1 atom stereocenters. The van der Waals surface area contributed by atoms with Crippen LogP contribution in [0.4, 0.5) is 0 Å². The first kappa shape index (κ1) is 14.9. The average Bonchev–Trinajstić information content (AvgIpc) is 2.16. The summed E-state index contributed by atoms with van der Waals surface area (Å²) in [6, 6.07) is 2.10. The van der Waals surface area contributed by atoms with Gasteiger partial charge in [-0.3, -0.25) is 4.79 Å². The van der Waals surface area contributed by atoms with Crippen LogP contribution < -0.4 is 11.1 Å². The van der Waals surface area contributed by atoms with Crippen molar-refractivity contribution in [2.75, 3.05) is 6.54 Å². The summed E-state index contributed by atoms with van der Waals surface area (Å²) in [6.45, 7) is 6.71. The zero-order chi connectivity index (χ0) is 12.6. The van der Waals surface area contributed by atoms with Gasteiger partial charge < -0.3 is 11.1 Å². The van der Waals surface area contributed by atoms with E-state index in [2.05, 4.69) is 25.2 Å². The van der Waals surface area contributed by atoms with Crippen LogP contribution in [0.3, 0.4) is 0 Å². The van der Waals surface area contributed by atoms with E-state index in [0.717, 1.165) is 25.8 Å². The van der Waals surface area contributed by atoms with E-state index in [1.807, 2.05) is 6.92 Å². The Morgan fingerprint density at radius 3 is 2.56 bits per heavy atom. The Morgan fingerprint density at radius 1 is 1.50 bits per heavy atom. The maximum atomic E-state index is 11.4. The summed E-state index contributed by atoms with van der Waals surface area (Å²) in [7, 11) is 0. The number of nitrogens with zero attached hydrogens (tertiary/aromatic N) is 1. The molecule has 4 nitrogen and oxygen atoms in total. The molecule has 0 saturated heterocycles. The smallest absolute Gasteiger partial charge is 0.237 e. The van der Waals surface area contributed by atoms with Crippen molar-refractivity contribution in [3.63, 3.8) is 0 Å². The van der Waals surface area contributed by atoms with Gasteiger partial charge in [0, 0.05) is 6.42 Å². The maximum Gasteiger partial charge on any atom is 0.237 e. The van der Waals surface area contributed by atoms with Crippen molar-refractivity contribution in [3.05, 3.63) is 0 Å². The zero-order valence-electron chi connectivity index (χ0n) is 10.5. The number of nitriles is 1. The zero-order valence-corrected chi connectivity index (χ0v) is 10.5. The van der Waals surface area contributed by atoms with E-state index in [-0.39, 0.29) is 5.91 Å². The maximum absolute atomic E-state index is 11.4. The van der Waals surface area contributed by atoms with Crippen LogP contribution in [0.25, 0.3) is 0 Å². The van der Waals surface area contributed by atoms with E-state index in [4.69, 9.17) is 11.0 Å². The highest BCUT2D eigenvalue weighted by Gasteiger charge is 2.30. The van der Waals surface area contributed by atoms with Gasteiger partial charge in [0.2, 0.25) is 5.91 Å². The third-order valence-electron chi connectivity index (χ3n) is 2.59. The van der Waals surface area contributed by atoms with Gasteiger partial charge in [-0.05, 0) is 38.6 Å². The van der Waals surface area contributed by atoms with Crippen LogP contribution in [0, 0.1) is 17.2 Å². The van der Waals surface area contributed by atoms with Crippen LogP contribution in [0.5, 0.6) is 0 Å². The normalized spacial score (nSPS) is 14.4. The standard InChI is InChI=1S/C12H23N3O/c1-10(2)9-12(3,11(14)16)15-8-6-4-5-7-13/h10,15H,4-6,8-9H2,1-3H3,(H2,14,16)/t12-/m1/s1. The molecule has 0 saturated carbocycles. The number of carbonyl (C=O) groups excluding carboxylic acids is 1. The monoisotopic (exact) mass is 225 g/mol. The number of amides is 1. The van der Waals surface area contributed by atoms with Crippen molar-refractivity contribution in [3.8, 4) is 6.07 Å². The topological polar surface area (TPSA) is 78.9 Å². The Morgan fingerprint density at radius 2 is 2.12 bits per heavy atom. The quantitative estimate of drug-likeness (QED) is 0.615. The molecule has 0 aromatic carbocycles. The fourth-order valence-corrected chi connectivity index (χ4v) is 1.77. The number of nitrogens with two attached hydrogens (primary N) is 1. The van der Waals surface area contributed by atoms with Gasteiger partial charge in [0.15, 0.2) is 0 Å². The Kier molecular flexibility index (Phi) is 6.75. The first-order chi connectivity index (χ1) is 7.42. The Hall–Kier alpha value is -1.08. The Labute approximate surface area is 98.2 Å². The summed E-state index contributed by atoms with van der Waals surface area (Å²) in [6.07, 6.45) is 3.06. The summed E-state index contributed by atoms with van der Waals surface area (Å²) in [5, 5.41) is 11.6. The summed E-state index contributed by atoms with van der Waals surface area (Å²) in [5.74, 6) is 0.116. The highest BCUT2D eigenvalue weighted by atomic mass is 16.1. The van der Waals surface area contributed by atoms with Gasteiger partial charge >= 0.3 is 0 Å². The molecule has 0 heterocycles. The number of hydrogen-bond acceptors (Lipinski definition) is 3. The lowest BCUT2D eigenvalue weighted by Crippen LogP contribution is -2.54. The van der Waals surface area contributed by atoms with Crippen LogP contribution in [0.1, 0.15) is 46.5 Å². The molecule has 16 heavy (non-hydrogen) atoms. The molecule has 0 spiro atoms. The molecule has 0 aromatic rings. The van der Waals surface area contributed by atoms with Gasteiger partial charge in [-0.1, -0.05) is 13.8 Å². The minimum absolute atomic E-state index is 0.304. The predicted octanol–water partition coefficient (Wildman–Crippen LogP) is 1.56. The molecule has 0 aliphatic carbocycles. The molecule has 0 radical (unpaired) electrons.